The maximum atomic E-state index is 12.3. The molecule has 1 aromatic carbocycles. The normalized spacial score (nSPS) is 11.4. The van der Waals surface area contributed by atoms with Gasteiger partial charge in [-0.2, -0.15) is 0 Å². The Bertz CT molecular complexity index is 692. The van der Waals surface area contributed by atoms with E-state index in [2.05, 4.69) is 16.6 Å². The molecule has 1 N–H and O–H groups in total. The maximum Gasteiger partial charge on any atom is 0.263 e. The number of hydrogen-bond acceptors (Lipinski definition) is 3. The second-order valence-electron chi connectivity index (χ2n) is 5.43. The minimum Gasteiger partial charge on any atom is -0.263 e. The van der Waals surface area contributed by atoms with Crippen molar-refractivity contribution in [3.63, 3.8) is 0 Å². The van der Waals surface area contributed by atoms with Crippen LogP contribution in [0.15, 0.2) is 47.5 Å². The monoisotopic (exact) mass is 318 g/mol. The van der Waals surface area contributed by atoms with Crippen LogP contribution in [0, 0.1) is 6.92 Å². The van der Waals surface area contributed by atoms with Crippen molar-refractivity contribution in [2.24, 2.45) is 0 Å². The summed E-state index contributed by atoms with van der Waals surface area (Å²) < 4.78 is 27.1. The minimum atomic E-state index is -3.58. The first-order chi connectivity index (χ1) is 10.5. The van der Waals surface area contributed by atoms with Gasteiger partial charge in [-0.15, -0.1) is 0 Å². The third-order valence-corrected chi connectivity index (χ3v) is 4.82. The summed E-state index contributed by atoms with van der Waals surface area (Å²) in [5.74, 6) is 0.331. The van der Waals surface area contributed by atoms with Crippen molar-refractivity contribution < 1.29 is 8.42 Å². The lowest BCUT2D eigenvalue weighted by molar-refractivity contribution is 0.601. The summed E-state index contributed by atoms with van der Waals surface area (Å²) in [6.45, 7) is 4.07. The van der Waals surface area contributed by atoms with E-state index >= 15 is 0 Å². The highest BCUT2D eigenvalue weighted by atomic mass is 32.2. The Labute approximate surface area is 132 Å². The number of pyridine rings is 1. The highest BCUT2D eigenvalue weighted by Crippen LogP contribution is 2.16. The molecule has 0 fully saturated rings. The molecule has 0 saturated carbocycles. The van der Waals surface area contributed by atoms with E-state index in [4.69, 9.17) is 0 Å². The number of anilines is 1. The van der Waals surface area contributed by atoms with Gasteiger partial charge in [-0.25, -0.2) is 13.4 Å². The van der Waals surface area contributed by atoms with E-state index in [-0.39, 0.29) is 4.90 Å². The number of benzene rings is 1. The minimum absolute atomic E-state index is 0.258. The molecule has 0 spiro atoms. The number of sulfonamides is 1. The molecule has 0 unspecified atom stereocenters. The molecule has 0 aliphatic rings. The summed E-state index contributed by atoms with van der Waals surface area (Å²) in [5.41, 5.74) is 2.15. The Morgan fingerprint density at radius 2 is 1.77 bits per heavy atom. The molecular weight excluding hydrogens is 296 g/mol. The molecule has 1 aromatic heterocycles. The number of unbranched alkanes of at least 4 members (excludes halogenated alkanes) is 2. The van der Waals surface area contributed by atoms with E-state index in [0.717, 1.165) is 18.4 Å². The summed E-state index contributed by atoms with van der Waals surface area (Å²) in [7, 11) is -3.58. The van der Waals surface area contributed by atoms with Crippen molar-refractivity contribution in [2.75, 3.05) is 4.72 Å². The smallest absolute Gasteiger partial charge is 0.263 e. The average molecular weight is 318 g/mol. The molecule has 118 valence electrons. The van der Waals surface area contributed by atoms with E-state index in [1.54, 1.807) is 24.4 Å². The van der Waals surface area contributed by atoms with Crippen LogP contribution in [0.3, 0.4) is 0 Å². The van der Waals surface area contributed by atoms with Crippen molar-refractivity contribution in [3.8, 4) is 0 Å². The van der Waals surface area contributed by atoms with Gasteiger partial charge in [0.15, 0.2) is 0 Å². The first-order valence-electron chi connectivity index (χ1n) is 7.55. The molecule has 0 bridgehead atoms. The molecule has 2 rings (SSSR count). The van der Waals surface area contributed by atoms with Crippen LogP contribution in [0.25, 0.3) is 0 Å². The lowest BCUT2D eigenvalue weighted by Gasteiger charge is -2.08. The predicted octanol–water partition coefficient (Wildman–Crippen LogP) is 3.92. The van der Waals surface area contributed by atoms with Crippen LogP contribution >= 0.6 is 0 Å². The molecule has 0 atom stereocenters. The SMILES string of the molecule is CCCCCc1ccc(S(=O)(=O)Nc2ccc(C)cn2)cc1. The van der Waals surface area contributed by atoms with Crippen molar-refractivity contribution in [1.29, 1.82) is 0 Å². The first-order valence-corrected chi connectivity index (χ1v) is 9.04. The molecule has 22 heavy (non-hydrogen) atoms. The van der Waals surface area contributed by atoms with Crippen LogP contribution in [0.1, 0.15) is 37.3 Å². The highest BCUT2D eigenvalue weighted by molar-refractivity contribution is 7.92. The van der Waals surface area contributed by atoms with Crippen molar-refractivity contribution in [3.05, 3.63) is 53.7 Å². The van der Waals surface area contributed by atoms with Crippen molar-refractivity contribution >= 4 is 15.8 Å². The van der Waals surface area contributed by atoms with Crippen LogP contribution in [0.4, 0.5) is 5.82 Å². The fourth-order valence-electron chi connectivity index (χ4n) is 2.14. The molecule has 0 amide bonds. The Morgan fingerprint density at radius 3 is 2.36 bits per heavy atom. The number of nitrogens with one attached hydrogen (secondary N) is 1. The summed E-state index contributed by atoms with van der Waals surface area (Å²) in [6.07, 6.45) is 6.13. The van der Waals surface area contributed by atoms with Gasteiger partial charge in [0.25, 0.3) is 10.0 Å². The van der Waals surface area contributed by atoms with Gasteiger partial charge in [-0.1, -0.05) is 38.0 Å². The zero-order chi connectivity index (χ0) is 16.0. The second kappa shape index (κ2) is 7.40. The van der Waals surface area contributed by atoms with Gasteiger partial charge in [0.2, 0.25) is 0 Å². The second-order valence-corrected chi connectivity index (χ2v) is 7.11. The lowest BCUT2D eigenvalue weighted by atomic mass is 10.1. The molecule has 0 aliphatic heterocycles. The molecule has 2 aromatic rings. The van der Waals surface area contributed by atoms with Crippen LogP contribution in [-0.2, 0) is 16.4 Å². The fourth-order valence-corrected chi connectivity index (χ4v) is 3.15. The molecule has 0 radical (unpaired) electrons. The number of aryl methyl sites for hydroxylation is 2. The fraction of sp³-hybridized carbons (Fsp3) is 0.353. The van der Waals surface area contributed by atoms with E-state index in [1.807, 2.05) is 25.1 Å². The van der Waals surface area contributed by atoms with Gasteiger partial charge in [0.05, 0.1) is 4.90 Å². The van der Waals surface area contributed by atoms with E-state index in [0.29, 0.717) is 5.82 Å². The van der Waals surface area contributed by atoms with Crippen molar-refractivity contribution in [1.82, 2.24) is 4.98 Å². The Morgan fingerprint density at radius 1 is 1.05 bits per heavy atom. The van der Waals surface area contributed by atoms with Crippen LogP contribution < -0.4 is 4.72 Å². The topological polar surface area (TPSA) is 59.1 Å². The number of nitrogens with zero attached hydrogens (tertiary/aromatic N) is 1. The van der Waals surface area contributed by atoms with Gasteiger partial charge in [-0.05, 0) is 49.1 Å². The van der Waals surface area contributed by atoms with E-state index in [9.17, 15) is 8.42 Å². The third-order valence-electron chi connectivity index (χ3n) is 3.45. The van der Waals surface area contributed by atoms with Gasteiger partial charge in [0, 0.05) is 6.20 Å². The van der Waals surface area contributed by atoms with Crippen LogP contribution in [0.5, 0.6) is 0 Å². The van der Waals surface area contributed by atoms with Gasteiger partial charge in [0.1, 0.15) is 5.82 Å². The van der Waals surface area contributed by atoms with Crippen LogP contribution in [0.2, 0.25) is 0 Å². The van der Waals surface area contributed by atoms with Crippen molar-refractivity contribution in [2.45, 2.75) is 44.4 Å². The third kappa shape index (κ3) is 4.56. The summed E-state index contributed by atoms with van der Waals surface area (Å²) in [5, 5.41) is 0. The molecule has 0 saturated heterocycles. The quantitative estimate of drug-likeness (QED) is 0.787. The summed E-state index contributed by atoms with van der Waals surface area (Å²) in [6, 6.07) is 10.5. The van der Waals surface area contributed by atoms with Gasteiger partial charge < -0.3 is 0 Å². The average Bonchev–Trinajstić information content (AvgIpc) is 2.50. The van der Waals surface area contributed by atoms with E-state index in [1.165, 1.54) is 18.4 Å². The number of aromatic nitrogens is 1. The highest BCUT2D eigenvalue weighted by Gasteiger charge is 2.14. The zero-order valence-corrected chi connectivity index (χ0v) is 13.9. The lowest BCUT2D eigenvalue weighted by Crippen LogP contribution is -2.13. The van der Waals surface area contributed by atoms with E-state index < -0.39 is 10.0 Å². The van der Waals surface area contributed by atoms with Crippen LogP contribution in [-0.4, -0.2) is 13.4 Å². The Hall–Kier alpha value is -1.88. The van der Waals surface area contributed by atoms with Gasteiger partial charge >= 0.3 is 0 Å². The number of hydrogen-bond donors (Lipinski definition) is 1. The Balaban J connectivity index is 2.07. The molecule has 0 aliphatic carbocycles. The van der Waals surface area contributed by atoms with Gasteiger partial charge in [-0.3, -0.25) is 4.72 Å². The number of rotatable bonds is 7. The molecule has 5 heteroatoms. The summed E-state index contributed by atoms with van der Waals surface area (Å²) in [4.78, 5) is 4.32. The maximum absolute atomic E-state index is 12.3. The standard InChI is InChI=1S/C17H22N2O2S/c1-3-4-5-6-15-8-10-16(11-9-15)22(20,21)19-17-12-7-14(2)13-18-17/h7-13H,3-6H2,1-2H3,(H,18,19). The Kier molecular flexibility index (Phi) is 5.55. The predicted molar refractivity (Wildman–Crippen MR) is 89.5 cm³/mol. The summed E-state index contributed by atoms with van der Waals surface area (Å²) >= 11 is 0. The molecule has 1 heterocycles. The largest absolute Gasteiger partial charge is 0.263 e. The zero-order valence-electron chi connectivity index (χ0n) is 13.0. The molecule has 4 nitrogen and oxygen atoms in total. The first kappa shape index (κ1) is 16.5. The molecular formula is C17H22N2O2S.